The number of carbonyl (C=O) groups is 1. The number of carboxylic acid groups (broad SMARTS) is 1. The molecule has 1 saturated heterocycles. The summed E-state index contributed by atoms with van der Waals surface area (Å²) in [7, 11) is 0. The molecular weight excluding hydrogens is 226 g/mol. The molecule has 1 fully saturated rings. The summed E-state index contributed by atoms with van der Waals surface area (Å²) in [6.45, 7) is 5.80. The molecule has 3 heteroatoms. The topological polar surface area (TPSA) is 40.5 Å². The molecule has 0 aromatic heterocycles. The molecule has 0 bridgehead atoms. The second-order valence-corrected chi connectivity index (χ2v) is 5.41. The number of nitrogens with zero attached hydrogens (tertiary/aromatic N) is 1. The van der Waals surface area contributed by atoms with E-state index in [9.17, 15) is 4.79 Å². The number of benzene rings is 1. The molecule has 18 heavy (non-hydrogen) atoms. The van der Waals surface area contributed by atoms with Gasteiger partial charge in [0, 0.05) is 19.1 Å². The summed E-state index contributed by atoms with van der Waals surface area (Å²) in [5.74, 6) is -0.610. The van der Waals surface area contributed by atoms with Crippen LogP contribution in [0.5, 0.6) is 0 Å². The third-order valence-electron chi connectivity index (χ3n) is 3.96. The summed E-state index contributed by atoms with van der Waals surface area (Å²) in [6, 6.07) is 10.8. The van der Waals surface area contributed by atoms with Gasteiger partial charge in [0.2, 0.25) is 0 Å². The Morgan fingerprint density at radius 3 is 2.61 bits per heavy atom. The van der Waals surface area contributed by atoms with Gasteiger partial charge in [-0.25, -0.2) is 0 Å². The molecule has 1 heterocycles. The molecule has 1 aromatic rings. The molecule has 2 rings (SSSR count). The van der Waals surface area contributed by atoms with Crippen LogP contribution < -0.4 is 0 Å². The van der Waals surface area contributed by atoms with Crippen molar-refractivity contribution in [1.29, 1.82) is 0 Å². The monoisotopic (exact) mass is 247 g/mol. The number of rotatable bonds is 4. The van der Waals surface area contributed by atoms with E-state index in [4.69, 9.17) is 5.11 Å². The van der Waals surface area contributed by atoms with E-state index >= 15 is 0 Å². The maximum atomic E-state index is 11.1. The lowest BCUT2D eigenvalue weighted by Crippen LogP contribution is -2.33. The van der Waals surface area contributed by atoms with Crippen LogP contribution >= 0.6 is 0 Å². The third kappa shape index (κ3) is 2.91. The maximum Gasteiger partial charge on any atom is 0.308 e. The maximum absolute atomic E-state index is 11.1. The normalized spacial score (nSPS) is 26.1. The molecule has 0 aliphatic carbocycles. The lowest BCUT2D eigenvalue weighted by atomic mass is 9.99. The molecular formula is C15H21NO2. The molecule has 1 aliphatic heterocycles. The minimum Gasteiger partial charge on any atom is -0.481 e. The lowest BCUT2D eigenvalue weighted by Gasteiger charge is -2.24. The molecule has 98 valence electrons. The van der Waals surface area contributed by atoms with Crippen LogP contribution in [0.25, 0.3) is 0 Å². The zero-order valence-electron chi connectivity index (χ0n) is 11.0. The van der Waals surface area contributed by atoms with Crippen LogP contribution in [0.1, 0.15) is 19.4 Å². The Hall–Kier alpha value is -1.35. The molecule has 1 N–H and O–H groups in total. The summed E-state index contributed by atoms with van der Waals surface area (Å²) in [6.07, 6.45) is 0.986. The van der Waals surface area contributed by atoms with Gasteiger partial charge in [-0.05, 0) is 24.8 Å². The number of likely N-dealkylation sites (tertiary alicyclic amines) is 1. The van der Waals surface area contributed by atoms with E-state index < -0.39 is 5.97 Å². The van der Waals surface area contributed by atoms with Gasteiger partial charge in [0.05, 0.1) is 5.92 Å². The average molecular weight is 247 g/mol. The van der Waals surface area contributed by atoms with Crippen LogP contribution in [0.3, 0.4) is 0 Å². The predicted molar refractivity (Wildman–Crippen MR) is 71.5 cm³/mol. The van der Waals surface area contributed by atoms with Gasteiger partial charge in [-0.2, -0.15) is 0 Å². The second-order valence-electron chi connectivity index (χ2n) is 5.41. The first-order valence-corrected chi connectivity index (χ1v) is 6.58. The highest BCUT2D eigenvalue weighted by atomic mass is 16.4. The number of aliphatic carboxylic acids is 1. The largest absolute Gasteiger partial charge is 0.481 e. The second kappa shape index (κ2) is 5.53. The Labute approximate surface area is 108 Å². The van der Waals surface area contributed by atoms with Gasteiger partial charge in [0.15, 0.2) is 0 Å². The minimum atomic E-state index is -0.656. The van der Waals surface area contributed by atoms with Crippen molar-refractivity contribution in [3.8, 4) is 0 Å². The fraction of sp³-hybridized carbons (Fsp3) is 0.533. The van der Waals surface area contributed by atoms with Gasteiger partial charge in [0.1, 0.15) is 0 Å². The van der Waals surface area contributed by atoms with Gasteiger partial charge < -0.3 is 5.11 Å². The van der Waals surface area contributed by atoms with E-state index in [1.807, 2.05) is 13.0 Å². The highest BCUT2D eigenvalue weighted by molar-refractivity contribution is 5.71. The Kier molecular flexibility index (Phi) is 4.02. The minimum absolute atomic E-state index is 0.205. The standard InChI is InChI=1S/C15H21NO2/c1-11-9-16(10-14(11)15(17)18)12(2)8-13-6-4-3-5-7-13/h3-7,11-12,14H,8-10H2,1-2H3,(H,17,18). The molecule has 0 saturated carbocycles. The fourth-order valence-electron chi connectivity index (χ4n) is 2.77. The molecule has 1 aromatic carbocycles. The van der Waals surface area contributed by atoms with Crippen LogP contribution in [-0.2, 0) is 11.2 Å². The fourth-order valence-corrected chi connectivity index (χ4v) is 2.77. The average Bonchev–Trinajstić information content (AvgIpc) is 2.73. The Morgan fingerprint density at radius 1 is 1.39 bits per heavy atom. The first kappa shape index (κ1) is 13.1. The van der Waals surface area contributed by atoms with Crippen molar-refractivity contribution in [3.63, 3.8) is 0 Å². The summed E-state index contributed by atoms with van der Waals surface area (Å²) in [5, 5.41) is 9.15. The van der Waals surface area contributed by atoms with Crippen molar-refractivity contribution in [2.24, 2.45) is 11.8 Å². The highest BCUT2D eigenvalue weighted by Crippen LogP contribution is 2.25. The summed E-state index contributed by atoms with van der Waals surface area (Å²) < 4.78 is 0. The first-order valence-electron chi connectivity index (χ1n) is 6.58. The molecule has 0 amide bonds. The van der Waals surface area contributed by atoms with Gasteiger partial charge in [-0.3, -0.25) is 9.69 Å². The molecule has 1 aliphatic rings. The molecule has 0 spiro atoms. The smallest absolute Gasteiger partial charge is 0.308 e. The van der Waals surface area contributed by atoms with Crippen LogP contribution in [0.15, 0.2) is 30.3 Å². The summed E-state index contributed by atoms with van der Waals surface area (Å²) in [4.78, 5) is 13.4. The summed E-state index contributed by atoms with van der Waals surface area (Å²) >= 11 is 0. The Bertz CT molecular complexity index is 404. The lowest BCUT2D eigenvalue weighted by molar-refractivity contribution is -0.142. The highest BCUT2D eigenvalue weighted by Gasteiger charge is 2.36. The van der Waals surface area contributed by atoms with Crippen LogP contribution in [0, 0.1) is 11.8 Å². The zero-order chi connectivity index (χ0) is 13.1. The van der Waals surface area contributed by atoms with E-state index in [0.717, 1.165) is 13.0 Å². The van der Waals surface area contributed by atoms with E-state index in [1.165, 1.54) is 5.56 Å². The van der Waals surface area contributed by atoms with Gasteiger partial charge >= 0.3 is 5.97 Å². The third-order valence-corrected chi connectivity index (χ3v) is 3.96. The van der Waals surface area contributed by atoms with E-state index in [1.54, 1.807) is 0 Å². The van der Waals surface area contributed by atoms with Crippen LogP contribution in [-0.4, -0.2) is 35.1 Å². The number of hydrogen-bond donors (Lipinski definition) is 1. The van der Waals surface area contributed by atoms with Gasteiger partial charge in [-0.15, -0.1) is 0 Å². The molecule has 3 unspecified atom stereocenters. The van der Waals surface area contributed by atoms with Crippen molar-refractivity contribution in [2.45, 2.75) is 26.3 Å². The van der Waals surface area contributed by atoms with Crippen LogP contribution in [0.4, 0.5) is 0 Å². The predicted octanol–water partition coefficient (Wildman–Crippen LogP) is 2.27. The Balaban J connectivity index is 1.95. The van der Waals surface area contributed by atoms with Crippen molar-refractivity contribution < 1.29 is 9.90 Å². The quantitative estimate of drug-likeness (QED) is 0.887. The van der Waals surface area contributed by atoms with Crippen LogP contribution in [0.2, 0.25) is 0 Å². The SMILES string of the molecule is CC1CN(C(C)Cc2ccccc2)CC1C(=O)O. The van der Waals surface area contributed by atoms with Crippen molar-refractivity contribution in [3.05, 3.63) is 35.9 Å². The van der Waals surface area contributed by atoms with E-state index in [2.05, 4.69) is 36.1 Å². The molecule has 3 nitrogen and oxygen atoms in total. The van der Waals surface area contributed by atoms with Crippen molar-refractivity contribution >= 4 is 5.97 Å². The molecule has 0 radical (unpaired) electrons. The van der Waals surface area contributed by atoms with Gasteiger partial charge in [0.25, 0.3) is 0 Å². The zero-order valence-corrected chi connectivity index (χ0v) is 11.0. The number of carboxylic acids is 1. The Morgan fingerprint density at radius 2 is 2.06 bits per heavy atom. The van der Waals surface area contributed by atoms with E-state index in [0.29, 0.717) is 12.6 Å². The number of hydrogen-bond acceptors (Lipinski definition) is 2. The first-order chi connectivity index (χ1) is 8.58. The van der Waals surface area contributed by atoms with Gasteiger partial charge in [-0.1, -0.05) is 37.3 Å². The van der Waals surface area contributed by atoms with Crippen molar-refractivity contribution in [1.82, 2.24) is 4.90 Å². The molecule has 3 atom stereocenters. The van der Waals surface area contributed by atoms with E-state index in [-0.39, 0.29) is 11.8 Å². The van der Waals surface area contributed by atoms with Crippen molar-refractivity contribution in [2.75, 3.05) is 13.1 Å². The summed E-state index contributed by atoms with van der Waals surface area (Å²) in [5.41, 5.74) is 1.32.